The summed E-state index contributed by atoms with van der Waals surface area (Å²) >= 11 is 0. The molecule has 0 unspecified atom stereocenters. The van der Waals surface area contributed by atoms with E-state index >= 15 is 0 Å². The molecule has 3 atom stereocenters. The molecule has 3 heteroatoms. The summed E-state index contributed by atoms with van der Waals surface area (Å²) in [5.74, 6) is 1.64. The number of rotatable bonds is 2. The Hall–Kier alpha value is -1.35. The lowest BCUT2D eigenvalue weighted by atomic mass is 9.75. The zero-order valence-corrected chi connectivity index (χ0v) is 14.5. The lowest BCUT2D eigenvalue weighted by molar-refractivity contribution is -0.139. The standard InChI is InChI=1S/C20H28N2O/c1-13(2)20(23)22-12-17(15-6-4-14(3)5-7-15)19-18(22)16-8-10-21(19)11-9-16/h4-7,13,16-19H,8-12H2,1-3H3/t17-,18-,19-/m0/s1. The Labute approximate surface area is 139 Å². The van der Waals surface area contributed by atoms with Gasteiger partial charge in [0.25, 0.3) is 0 Å². The summed E-state index contributed by atoms with van der Waals surface area (Å²) in [5.41, 5.74) is 2.72. The van der Waals surface area contributed by atoms with E-state index in [1.54, 1.807) is 0 Å². The number of fused-ring (bicyclic) bond motifs is 2. The maximum absolute atomic E-state index is 12.8. The molecule has 0 saturated carbocycles. The number of aryl methyl sites for hydroxylation is 1. The first-order chi connectivity index (χ1) is 11.1. The van der Waals surface area contributed by atoms with Crippen LogP contribution < -0.4 is 0 Å². The van der Waals surface area contributed by atoms with E-state index in [1.165, 1.54) is 37.1 Å². The molecule has 2 bridgehead atoms. The normalized spacial score (nSPS) is 35.7. The van der Waals surface area contributed by atoms with Crippen LogP contribution in [0.4, 0.5) is 0 Å². The third kappa shape index (κ3) is 2.40. The van der Waals surface area contributed by atoms with Gasteiger partial charge in [-0.15, -0.1) is 0 Å². The van der Waals surface area contributed by atoms with Gasteiger partial charge in [-0.2, -0.15) is 0 Å². The first-order valence-electron chi connectivity index (χ1n) is 9.17. The smallest absolute Gasteiger partial charge is 0.225 e. The Kier molecular flexibility index (Phi) is 3.72. The van der Waals surface area contributed by atoms with Crippen LogP contribution in [0, 0.1) is 18.8 Å². The fraction of sp³-hybridized carbons (Fsp3) is 0.650. The second kappa shape index (κ2) is 5.62. The van der Waals surface area contributed by atoms with Gasteiger partial charge in [-0.1, -0.05) is 43.7 Å². The average Bonchev–Trinajstić information content (AvgIpc) is 2.98. The van der Waals surface area contributed by atoms with Gasteiger partial charge in [-0.25, -0.2) is 0 Å². The van der Waals surface area contributed by atoms with Crippen molar-refractivity contribution in [3.8, 4) is 0 Å². The topological polar surface area (TPSA) is 23.6 Å². The van der Waals surface area contributed by atoms with E-state index in [-0.39, 0.29) is 5.92 Å². The second-order valence-electron chi connectivity index (χ2n) is 8.02. The molecule has 23 heavy (non-hydrogen) atoms. The van der Waals surface area contributed by atoms with Crippen molar-refractivity contribution in [2.24, 2.45) is 11.8 Å². The molecular formula is C20H28N2O. The fourth-order valence-corrected chi connectivity index (χ4v) is 5.11. The molecule has 124 valence electrons. The molecule has 5 rings (SSSR count). The Balaban J connectivity index is 1.70. The number of carbonyl (C=O) groups is 1. The highest BCUT2D eigenvalue weighted by Crippen LogP contribution is 2.46. The van der Waals surface area contributed by atoms with Crippen molar-refractivity contribution in [3.63, 3.8) is 0 Å². The number of nitrogens with zero attached hydrogens (tertiary/aromatic N) is 2. The number of likely N-dealkylation sites (tertiary alicyclic amines) is 1. The molecule has 4 fully saturated rings. The molecule has 1 aromatic rings. The molecule has 4 saturated heterocycles. The molecule has 1 aromatic carbocycles. The summed E-state index contributed by atoms with van der Waals surface area (Å²) in [4.78, 5) is 17.7. The molecule has 0 spiro atoms. The van der Waals surface area contributed by atoms with Gasteiger partial charge in [0.1, 0.15) is 0 Å². The van der Waals surface area contributed by atoms with Crippen molar-refractivity contribution >= 4 is 5.91 Å². The van der Waals surface area contributed by atoms with E-state index < -0.39 is 0 Å². The van der Waals surface area contributed by atoms with Crippen LogP contribution in [0.15, 0.2) is 24.3 Å². The van der Waals surface area contributed by atoms with Crippen LogP contribution in [0.1, 0.15) is 43.7 Å². The van der Waals surface area contributed by atoms with E-state index in [0.29, 0.717) is 29.8 Å². The zero-order valence-electron chi connectivity index (χ0n) is 14.5. The van der Waals surface area contributed by atoms with E-state index in [2.05, 4.69) is 41.0 Å². The zero-order chi connectivity index (χ0) is 16.1. The summed E-state index contributed by atoms with van der Waals surface area (Å²) in [6, 6.07) is 9.97. The predicted octanol–water partition coefficient (Wildman–Crippen LogP) is 3.04. The van der Waals surface area contributed by atoms with Crippen LogP contribution >= 0.6 is 0 Å². The monoisotopic (exact) mass is 312 g/mol. The molecule has 0 aromatic heterocycles. The lowest BCUT2D eigenvalue weighted by Gasteiger charge is -2.51. The molecule has 0 aliphatic carbocycles. The van der Waals surface area contributed by atoms with Crippen LogP contribution in [0.25, 0.3) is 0 Å². The van der Waals surface area contributed by atoms with Crippen molar-refractivity contribution in [1.82, 2.24) is 9.80 Å². The maximum Gasteiger partial charge on any atom is 0.225 e. The largest absolute Gasteiger partial charge is 0.337 e. The van der Waals surface area contributed by atoms with Crippen molar-refractivity contribution in [2.45, 2.75) is 51.6 Å². The van der Waals surface area contributed by atoms with Gasteiger partial charge in [0.15, 0.2) is 0 Å². The Morgan fingerprint density at radius 1 is 1.09 bits per heavy atom. The molecule has 1 amide bonds. The van der Waals surface area contributed by atoms with Crippen molar-refractivity contribution in [2.75, 3.05) is 19.6 Å². The third-order valence-corrected chi connectivity index (χ3v) is 6.28. The number of hydrogen-bond donors (Lipinski definition) is 0. The Morgan fingerprint density at radius 2 is 1.74 bits per heavy atom. The molecule has 3 nitrogen and oxygen atoms in total. The van der Waals surface area contributed by atoms with Crippen molar-refractivity contribution < 1.29 is 4.79 Å². The molecule has 4 aliphatic heterocycles. The molecule has 4 heterocycles. The van der Waals surface area contributed by atoms with Gasteiger partial charge in [-0.05, 0) is 44.3 Å². The van der Waals surface area contributed by atoms with E-state index in [0.717, 1.165) is 6.54 Å². The number of carbonyl (C=O) groups excluding carboxylic acids is 1. The number of amides is 1. The molecule has 0 N–H and O–H groups in total. The first-order valence-corrected chi connectivity index (χ1v) is 9.17. The minimum Gasteiger partial charge on any atom is -0.337 e. The number of hydrogen-bond acceptors (Lipinski definition) is 2. The van der Waals surface area contributed by atoms with Crippen molar-refractivity contribution in [3.05, 3.63) is 35.4 Å². The maximum atomic E-state index is 12.8. The van der Waals surface area contributed by atoms with Gasteiger partial charge >= 0.3 is 0 Å². The summed E-state index contributed by atoms with van der Waals surface area (Å²) in [5, 5.41) is 0. The van der Waals surface area contributed by atoms with Crippen LogP contribution in [-0.4, -0.2) is 47.4 Å². The predicted molar refractivity (Wildman–Crippen MR) is 92.3 cm³/mol. The minimum absolute atomic E-state index is 0.0999. The summed E-state index contributed by atoms with van der Waals surface area (Å²) in [7, 11) is 0. The molecule has 0 radical (unpaired) electrons. The molecule has 4 aliphatic rings. The first kappa shape index (κ1) is 15.2. The second-order valence-corrected chi connectivity index (χ2v) is 8.02. The van der Waals surface area contributed by atoms with E-state index in [1.807, 2.05) is 13.8 Å². The van der Waals surface area contributed by atoms with Crippen LogP contribution in [0.2, 0.25) is 0 Å². The molecular weight excluding hydrogens is 284 g/mol. The van der Waals surface area contributed by atoms with Gasteiger partial charge in [-0.3, -0.25) is 9.69 Å². The quantitative estimate of drug-likeness (QED) is 0.838. The fourth-order valence-electron chi connectivity index (χ4n) is 5.11. The third-order valence-electron chi connectivity index (χ3n) is 6.28. The van der Waals surface area contributed by atoms with Gasteiger partial charge in [0.05, 0.1) is 6.04 Å². The van der Waals surface area contributed by atoms with Crippen LogP contribution in [0.3, 0.4) is 0 Å². The van der Waals surface area contributed by atoms with Gasteiger partial charge in [0, 0.05) is 24.4 Å². The summed E-state index contributed by atoms with van der Waals surface area (Å²) in [6.07, 6.45) is 2.54. The SMILES string of the molecule is Cc1ccc([C@@H]2CN(C(=O)C(C)C)[C@H]3C4CCN(CC4)[C@@H]23)cc1. The summed E-state index contributed by atoms with van der Waals surface area (Å²) < 4.78 is 0. The average molecular weight is 312 g/mol. The lowest BCUT2D eigenvalue weighted by Crippen LogP contribution is -2.61. The van der Waals surface area contributed by atoms with Gasteiger partial charge < -0.3 is 4.90 Å². The summed E-state index contributed by atoms with van der Waals surface area (Å²) in [6.45, 7) is 9.57. The highest BCUT2D eigenvalue weighted by atomic mass is 16.2. The Bertz CT molecular complexity index is 586. The van der Waals surface area contributed by atoms with E-state index in [4.69, 9.17) is 0 Å². The van der Waals surface area contributed by atoms with Crippen LogP contribution in [0.5, 0.6) is 0 Å². The van der Waals surface area contributed by atoms with Gasteiger partial charge in [0.2, 0.25) is 5.91 Å². The number of benzene rings is 1. The number of piperidine rings is 3. The van der Waals surface area contributed by atoms with E-state index in [9.17, 15) is 4.79 Å². The Morgan fingerprint density at radius 3 is 2.35 bits per heavy atom. The highest BCUT2D eigenvalue weighted by molar-refractivity contribution is 5.79. The van der Waals surface area contributed by atoms with Crippen molar-refractivity contribution in [1.29, 1.82) is 0 Å². The highest BCUT2D eigenvalue weighted by Gasteiger charge is 2.54. The minimum atomic E-state index is 0.0999. The van der Waals surface area contributed by atoms with Crippen LogP contribution in [-0.2, 0) is 4.79 Å².